The van der Waals surface area contributed by atoms with Crippen LogP contribution in [-0.4, -0.2) is 23.9 Å². The molecule has 2 N–H and O–H groups in total. The molecule has 0 fully saturated rings. The molecule has 0 bridgehead atoms. The Morgan fingerprint density at radius 2 is 1.88 bits per heavy atom. The van der Waals surface area contributed by atoms with E-state index in [-0.39, 0.29) is 12.2 Å². The molecule has 1 unspecified atom stereocenters. The predicted molar refractivity (Wildman–Crippen MR) is 67.0 cm³/mol. The molecule has 3 nitrogen and oxygen atoms in total. The summed E-state index contributed by atoms with van der Waals surface area (Å²) in [6.45, 7) is 6.56. The highest BCUT2D eigenvalue weighted by atomic mass is 16.5. The Kier molecular flexibility index (Phi) is 5.12. The monoisotopic (exact) mass is 223 g/mol. The van der Waals surface area contributed by atoms with E-state index in [1.165, 1.54) is 0 Å². The van der Waals surface area contributed by atoms with E-state index in [1.807, 2.05) is 45.0 Å². The first kappa shape index (κ1) is 12.8. The molecule has 0 aromatic heterocycles. The van der Waals surface area contributed by atoms with Gasteiger partial charge < -0.3 is 15.2 Å². The summed E-state index contributed by atoms with van der Waals surface area (Å²) in [6, 6.07) is 7.78. The van der Waals surface area contributed by atoms with E-state index < -0.39 is 0 Å². The number of benzene rings is 1. The minimum Gasteiger partial charge on any atom is -0.491 e. The molecule has 0 aliphatic heterocycles. The number of aliphatic hydroxyl groups is 1. The van der Waals surface area contributed by atoms with Crippen LogP contribution in [0.15, 0.2) is 24.3 Å². The number of ether oxygens (including phenoxy) is 1. The molecule has 90 valence electrons. The van der Waals surface area contributed by atoms with E-state index in [1.54, 1.807) is 0 Å². The van der Waals surface area contributed by atoms with Gasteiger partial charge in [0, 0.05) is 12.2 Å². The molecule has 3 heteroatoms. The number of anilines is 1. The first-order valence-electron chi connectivity index (χ1n) is 5.80. The van der Waals surface area contributed by atoms with Crippen LogP contribution in [-0.2, 0) is 0 Å². The molecule has 0 saturated heterocycles. The van der Waals surface area contributed by atoms with Crippen molar-refractivity contribution in [3.8, 4) is 5.75 Å². The van der Waals surface area contributed by atoms with Gasteiger partial charge in [-0.2, -0.15) is 0 Å². The molecule has 0 spiro atoms. The van der Waals surface area contributed by atoms with E-state index in [9.17, 15) is 5.11 Å². The van der Waals surface area contributed by atoms with Crippen LogP contribution in [0.3, 0.4) is 0 Å². The molecule has 0 aliphatic rings. The quantitative estimate of drug-likeness (QED) is 0.779. The lowest BCUT2D eigenvalue weighted by Gasteiger charge is -2.12. The summed E-state index contributed by atoms with van der Waals surface area (Å²) >= 11 is 0. The summed E-state index contributed by atoms with van der Waals surface area (Å²) in [4.78, 5) is 0. The number of hydrogen-bond donors (Lipinski definition) is 2. The zero-order chi connectivity index (χ0) is 12.0. The number of nitrogens with one attached hydrogen (secondary N) is 1. The van der Waals surface area contributed by atoms with Gasteiger partial charge in [-0.05, 0) is 44.5 Å². The molecule has 0 heterocycles. The van der Waals surface area contributed by atoms with Gasteiger partial charge in [-0.15, -0.1) is 0 Å². The second-order valence-electron chi connectivity index (χ2n) is 4.13. The van der Waals surface area contributed by atoms with Crippen LogP contribution in [0.2, 0.25) is 0 Å². The number of aliphatic hydroxyl groups excluding tert-OH is 1. The molecule has 1 rings (SSSR count). The lowest BCUT2D eigenvalue weighted by atomic mass is 10.2. The van der Waals surface area contributed by atoms with Gasteiger partial charge >= 0.3 is 0 Å². The second kappa shape index (κ2) is 6.38. The van der Waals surface area contributed by atoms with Crippen LogP contribution >= 0.6 is 0 Å². The van der Waals surface area contributed by atoms with Crippen molar-refractivity contribution in [3.05, 3.63) is 24.3 Å². The molecular formula is C13H21NO2. The van der Waals surface area contributed by atoms with Gasteiger partial charge in [0.1, 0.15) is 5.75 Å². The predicted octanol–water partition coefficient (Wildman–Crippen LogP) is 2.66. The normalized spacial score (nSPS) is 12.6. The summed E-state index contributed by atoms with van der Waals surface area (Å²) in [7, 11) is 0. The summed E-state index contributed by atoms with van der Waals surface area (Å²) < 4.78 is 5.54. The van der Waals surface area contributed by atoms with Crippen molar-refractivity contribution >= 4 is 5.69 Å². The minimum absolute atomic E-state index is 0.195. The summed E-state index contributed by atoms with van der Waals surface area (Å²) in [6.07, 6.45) is 0.675. The Balaban J connectivity index is 2.45. The highest BCUT2D eigenvalue weighted by molar-refractivity contribution is 5.46. The van der Waals surface area contributed by atoms with Crippen LogP contribution < -0.4 is 10.1 Å². The Morgan fingerprint density at radius 1 is 1.25 bits per heavy atom. The standard InChI is InChI=1S/C13H21NO2/c1-4-12(15)9-14-11-5-7-13(8-6-11)16-10(2)3/h5-8,10,12,14-15H,4,9H2,1-3H3. The van der Waals surface area contributed by atoms with Gasteiger partial charge in [0.15, 0.2) is 0 Å². The maximum Gasteiger partial charge on any atom is 0.119 e. The van der Waals surface area contributed by atoms with Crippen molar-refractivity contribution in [1.29, 1.82) is 0 Å². The lowest BCUT2D eigenvalue weighted by molar-refractivity contribution is 0.183. The SMILES string of the molecule is CCC(O)CNc1ccc(OC(C)C)cc1. The first-order valence-corrected chi connectivity index (χ1v) is 5.80. The highest BCUT2D eigenvalue weighted by Gasteiger charge is 2.01. The highest BCUT2D eigenvalue weighted by Crippen LogP contribution is 2.16. The average Bonchev–Trinajstić information content (AvgIpc) is 2.27. The van der Waals surface area contributed by atoms with Crippen LogP contribution in [0.4, 0.5) is 5.69 Å². The van der Waals surface area contributed by atoms with Crippen molar-refractivity contribution in [2.45, 2.75) is 39.4 Å². The molecule has 1 aromatic carbocycles. The van der Waals surface area contributed by atoms with Gasteiger partial charge in [-0.1, -0.05) is 6.92 Å². The molecular weight excluding hydrogens is 202 g/mol. The summed E-state index contributed by atoms with van der Waals surface area (Å²) in [5.41, 5.74) is 1.00. The zero-order valence-electron chi connectivity index (χ0n) is 10.2. The minimum atomic E-state index is -0.286. The van der Waals surface area contributed by atoms with Crippen LogP contribution in [0.25, 0.3) is 0 Å². The third-order valence-corrected chi connectivity index (χ3v) is 2.24. The lowest BCUT2D eigenvalue weighted by Crippen LogP contribution is -2.18. The van der Waals surface area contributed by atoms with Gasteiger partial charge in [0.05, 0.1) is 12.2 Å². The molecule has 1 atom stereocenters. The number of hydrogen-bond acceptors (Lipinski definition) is 3. The largest absolute Gasteiger partial charge is 0.491 e. The van der Waals surface area contributed by atoms with Crippen molar-refractivity contribution in [3.63, 3.8) is 0 Å². The summed E-state index contributed by atoms with van der Waals surface area (Å²) in [5.74, 6) is 0.872. The molecule has 0 amide bonds. The van der Waals surface area contributed by atoms with E-state index in [0.717, 1.165) is 17.9 Å². The average molecular weight is 223 g/mol. The third-order valence-electron chi connectivity index (χ3n) is 2.24. The molecule has 0 radical (unpaired) electrons. The van der Waals surface area contributed by atoms with Crippen molar-refractivity contribution in [1.82, 2.24) is 0 Å². The van der Waals surface area contributed by atoms with Gasteiger partial charge in [0.25, 0.3) is 0 Å². The maximum absolute atomic E-state index is 9.41. The van der Waals surface area contributed by atoms with E-state index in [0.29, 0.717) is 6.54 Å². The topological polar surface area (TPSA) is 41.5 Å². The molecule has 16 heavy (non-hydrogen) atoms. The van der Waals surface area contributed by atoms with Crippen LogP contribution in [0, 0.1) is 0 Å². The third kappa shape index (κ3) is 4.53. The molecule has 1 aromatic rings. The van der Waals surface area contributed by atoms with Crippen molar-refractivity contribution < 1.29 is 9.84 Å². The zero-order valence-corrected chi connectivity index (χ0v) is 10.2. The van der Waals surface area contributed by atoms with Crippen molar-refractivity contribution in [2.75, 3.05) is 11.9 Å². The first-order chi connectivity index (χ1) is 7.61. The fourth-order valence-corrected chi connectivity index (χ4v) is 1.30. The molecule has 0 aliphatic carbocycles. The Morgan fingerprint density at radius 3 is 2.38 bits per heavy atom. The maximum atomic E-state index is 9.41. The smallest absolute Gasteiger partial charge is 0.119 e. The van der Waals surface area contributed by atoms with Crippen molar-refractivity contribution in [2.24, 2.45) is 0 Å². The van der Waals surface area contributed by atoms with E-state index >= 15 is 0 Å². The van der Waals surface area contributed by atoms with E-state index in [4.69, 9.17) is 4.74 Å². The van der Waals surface area contributed by atoms with Crippen LogP contribution in [0.1, 0.15) is 27.2 Å². The second-order valence-corrected chi connectivity index (χ2v) is 4.13. The van der Waals surface area contributed by atoms with Gasteiger partial charge in [-0.3, -0.25) is 0 Å². The fourth-order valence-electron chi connectivity index (χ4n) is 1.30. The fraction of sp³-hybridized carbons (Fsp3) is 0.538. The van der Waals surface area contributed by atoms with Crippen LogP contribution in [0.5, 0.6) is 5.75 Å². The Labute approximate surface area is 97.4 Å². The van der Waals surface area contributed by atoms with E-state index in [2.05, 4.69) is 5.32 Å². The van der Waals surface area contributed by atoms with Gasteiger partial charge in [-0.25, -0.2) is 0 Å². The summed E-state index contributed by atoms with van der Waals surface area (Å²) in [5, 5.41) is 12.6. The Bertz CT molecular complexity index is 295. The number of rotatable bonds is 6. The molecule has 0 saturated carbocycles. The van der Waals surface area contributed by atoms with Gasteiger partial charge in [0.2, 0.25) is 0 Å². The Hall–Kier alpha value is -1.22.